The predicted octanol–water partition coefficient (Wildman–Crippen LogP) is 3.86. The SMILES string of the molecule is CCCCCCCCC[C-](C)C.[Cl-].[Cl-].[Zr+2].c1ccc2[cH-]ccc2c1.c1ccc2[cH-]ccc2c1. The molecule has 0 aliphatic heterocycles. The number of unbranched alkanes of at least 4 members (excludes halogenated alkanes) is 6. The van der Waals surface area contributed by atoms with E-state index < -0.39 is 0 Å². The van der Waals surface area contributed by atoms with Crippen molar-refractivity contribution < 1.29 is 51.0 Å². The van der Waals surface area contributed by atoms with E-state index in [1.807, 2.05) is 0 Å². The van der Waals surface area contributed by atoms with Crippen molar-refractivity contribution in [2.75, 3.05) is 0 Å². The molecule has 0 unspecified atom stereocenters. The molecule has 0 spiro atoms. The fourth-order valence-electron chi connectivity index (χ4n) is 3.58. The second kappa shape index (κ2) is 21.6. The van der Waals surface area contributed by atoms with Gasteiger partial charge in [0.2, 0.25) is 0 Å². The van der Waals surface area contributed by atoms with Crippen LogP contribution in [0.15, 0.2) is 84.9 Å². The third kappa shape index (κ3) is 14.9. The van der Waals surface area contributed by atoms with E-state index in [1.165, 1.54) is 72.9 Å². The van der Waals surface area contributed by atoms with Gasteiger partial charge in [0.1, 0.15) is 0 Å². The van der Waals surface area contributed by atoms with Crippen molar-refractivity contribution in [3.8, 4) is 0 Å². The van der Waals surface area contributed by atoms with E-state index in [9.17, 15) is 0 Å². The van der Waals surface area contributed by atoms with Crippen LogP contribution in [0.2, 0.25) is 0 Å². The molecule has 0 radical (unpaired) electrons. The number of fused-ring (bicyclic) bond motifs is 2. The Labute approximate surface area is 234 Å². The van der Waals surface area contributed by atoms with Gasteiger partial charge in [-0.05, 0) is 0 Å². The summed E-state index contributed by atoms with van der Waals surface area (Å²) < 4.78 is 0. The smallest absolute Gasteiger partial charge is 1.00 e. The zero-order chi connectivity index (χ0) is 21.4. The van der Waals surface area contributed by atoms with Crippen molar-refractivity contribution in [1.29, 1.82) is 0 Å². The molecule has 33 heavy (non-hydrogen) atoms. The van der Waals surface area contributed by atoms with Crippen LogP contribution in [-0.2, 0) is 26.2 Å². The van der Waals surface area contributed by atoms with Crippen LogP contribution in [0.3, 0.4) is 0 Å². The van der Waals surface area contributed by atoms with Crippen LogP contribution in [0.1, 0.15) is 72.1 Å². The molecule has 0 amide bonds. The Bertz CT molecular complexity index is 797. The third-order valence-electron chi connectivity index (χ3n) is 5.38. The zero-order valence-electron chi connectivity index (χ0n) is 20.5. The van der Waals surface area contributed by atoms with Gasteiger partial charge in [0.15, 0.2) is 0 Å². The first kappa shape index (κ1) is 34.3. The van der Waals surface area contributed by atoms with Gasteiger partial charge in [-0.15, -0.1) is 59.3 Å². The van der Waals surface area contributed by atoms with Gasteiger partial charge >= 0.3 is 26.2 Å². The third-order valence-corrected chi connectivity index (χ3v) is 5.38. The summed E-state index contributed by atoms with van der Waals surface area (Å²) in [7, 11) is 0. The summed E-state index contributed by atoms with van der Waals surface area (Å²) in [5, 5.41) is 5.32. The Kier molecular flexibility index (Phi) is 22.5. The number of halogens is 2. The molecule has 0 saturated carbocycles. The maximum atomic E-state index is 2.27. The minimum absolute atomic E-state index is 0. The Morgan fingerprint density at radius 1 is 0.606 bits per heavy atom. The molecule has 4 aromatic carbocycles. The quantitative estimate of drug-likeness (QED) is 0.227. The molecule has 180 valence electrons. The maximum Gasteiger partial charge on any atom is 2.00 e. The number of hydrogen-bond acceptors (Lipinski definition) is 0. The van der Waals surface area contributed by atoms with Crippen LogP contribution >= 0.6 is 0 Å². The van der Waals surface area contributed by atoms with E-state index >= 15 is 0 Å². The van der Waals surface area contributed by atoms with E-state index in [4.69, 9.17) is 0 Å². The molecule has 0 fully saturated rings. The van der Waals surface area contributed by atoms with Gasteiger partial charge < -0.3 is 30.7 Å². The minimum Gasteiger partial charge on any atom is -1.00 e. The summed E-state index contributed by atoms with van der Waals surface area (Å²) in [6.07, 6.45) is 11.3. The van der Waals surface area contributed by atoms with E-state index in [2.05, 4.69) is 106 Å². The van der Waals surface area contributed by atoms with Crippen molar-refractivity contribution >= 4 is 21.5 Å². The molecule has 4 aromatic rings. The van der Waals surface area contributed by atoms with E-state index in [-0.39, 0.29) is 51.0 Å². The van der Waals surface area contributed by atoms with Crippen molar-refractivity contribution in [2.45, 2.75) is 72.1 Å². The van der Waals surface area contributed by atoms with Crippen molar-refractivity contribution in [3.63, 3.8) is 0 Å². The van der Waals surface area contributed by atoms with Crippen molar-refractivity contribution in [1.82, 2.24) is 0 Å². The summed E-state index contributed by atoms with van der Waals surface area (Å²) in [5.74, 6) is 1.59. The maximum absolute atomic E-state index is 2.27. The number of benzene rings is 2. The fraction of sp³-hybridized carbons (Fsp3) is 0.367. The molecule has 0 bridgehead atoms. The van der Waals surface area contributed by atoms with E-state index in [0.29, 0.717) is 0 Å². The average Bonchev–Trinajstić information content (AvgIpc) is 3.43. The summed E-state index contributed by atoms with van der Waals surface area (Å²) in [6.45, 7) is 6.74. The van der Waals surface area contributed by atoms with Crippen LogP contribution in [-0.4, -0.2) is 0 Å². The normalized spacial score (nSPS) is 9.58. The molecule has 0 aliphatic rings. The Hall–Kier alpha value is -0.877. The minimum atomic E-state index is 0. The van der Waals surface area contributed by atoms with Gasteiger partial charge in [-0.3, -0.25) is 0 Å². The average molecular weight is 562 g/mol. The van der Waals surface area contributed by atoms with Gasteiger partial charge in [-0.2, -0.15) is 55.3 Å². The van der Waals surface area contributed by atoms with Crippen LogP contribution < -0.4 is 24.8 Å². The Balaban J connectivity index is 0. The first-order valence-corrected chi connectivity index (χ1v) is 11.7. The van der Waals surface area contributed by atoms with Crippen molar-refractivity contribution in [2.24, 2.45) is 0 Å². The topological polar surface area (TPSA) is 0 Å². The van der Waals surface area contributed by atoms with Gasteiger partial charge in [0, 0.05) is 0 Å². The van der Waals surface area contributed by atoms with Gasteiger partial charge in [-0.25, -0.2) is 0 Å². The molecule has 0 saturated heterocycles. The van der Waals surface area contributed by atoms with E-state index in [1.54, 1.807) is 5.92 Å². The van der Waals surface area contributed by atoms with Crippen LogP contribution in [0.25, 0.3) is 21.5 Å². The molecule has 0 nitrogen and oxygen atoms in total. The molecule has 0 aromatic heterocycles. The monoisotopic (exact) mass is 559 g/mol. The predicted molar refractivity (Wildman–Crippen MR) is 136 cm³/mol. The first-order valence-electron chi connectivity index (χ1n) is 11.7. The molecule has 0 heterocycles. The van der Waals surface area contributed by atoms with Crippen molar-refractivity contribution in [3.05, 3.63) is 90.8 Å². The summed E-state index contributed by atoms with van der Waals surface area (Å²) >= 11 is 0. The summed E-state index contributed by atoms with van der Waals surface area (Å²) in [6, 6.07) is 29.3. The molecular formula is C30H39Cl2Zr-3. The molecule has 0 atom stereocenters. The second-order valence-electron chi connectivity index (χ2n) is 8.39. The standard InChI is InChI=1S/C12H25.2C9H7.2ClH.Zr/c1-4-5-6-7-8-9-10-11-12(2)3;2*1-2-5-9-7-3-6-8(9)4-1;;;/h4-11H2,1-3H3;2*1-7H;2*1H;/q3*-1;;;+2/p-2. The van der Waals surface area contributed by atoms with Gasteiger partial charge in [0.25, 0.3) is 0 Å². The molecule has 4 rings (SSSR count). The Morgan fingerprint density at radius 2 is 1.03 bits per heavy atom. The van der Waals surface area contributed by atoms with Gasteiger partial charge in [0.05, 0.1) is 0 Å². The molecule has 0 N–H and O–H groups in total. The van der Waals surface area contributed by atoms with Gasteiger partial charge in [-0.1, -0.05) is 64.0 Å². The number of rotatable bonds is 8. The molecule has 3 heteroatoms. The molecule has 0 aliphatic carbocycles. The van der Waals surface area contributed by atoms with E-state index in [0.717, 1.165) is 0 Å². The fourth-order valence-corrected chi connectivity index (χ4v) is 3.58. The van der Waals surface area contributed by atoms with Crippen LogP contribution in [0.5, 0.6) is 0 Å². The molecular weight excluding hydrogens is 522 g/mol. The summed E-state index contributed by atoms with van der Waals surface area (Å²) in [5.41, 5.74) is 0. The first-order chi connectivity index (χ1) is 14.7. The summed E-state index contributed by atoms with van der Waals surface area (Å²) in [4.78, 5) is 0. The largest absolute Gasteiger partial charge is 2.00 e. The zero-order valence-corrected chi connectivity index (χ0v) is 24.5. The second-order valence-corrected chi connectivity index (χ2v) is 8.39. The van der Waals surface area contributed by atoms with Crippen LogP contribution in [0.4, 0.5) is 0 Å². The Morgan fingerprint density at radius 3 is 1.45 bits per heavy atom. The van der Waals surface area contributed by atoms with Crippen LogP contribution in [0, 0.1) is 5.92 Å². The number of hydrogen-bond donors (Lipinski definition) is 0.